The molecule has 0 spiro atoms. The zero-order chi connectivity index (χ0) is 9.52. The van der Waals surface area contributed by atoms with Crippen molar-refractivity contribution < 1.29 is 0 Å². The fraction of sp³-hybridized carbons (Fsp3) is 0.300. The Morgan fingerprint density at radius 1 is 1.46 bits per heavy atom. The zero-order valence-electron chi connectivity index (χ0n) is 7.60. The highest BCUT2D eigenvalue weighted by molar-refractivity contribution is 7.99. The van der Waals surface area contributed by atoms with Crippen LogP contribution in [0.25, 0.3) is 0 Å². The van der Waals surface area contributed by atoms with E-state index in [-0.39, 0.29) is 5.50 Å². The second-order valence-corrected chi connectivity index (χ2v) is 3.66. The molecule has 0 aromatic heterocycles. The van der Waals surface area contributed by atoms with Crippen molar-refractivity contribution in [3.8, 4) is 0 Å². The highest BCUT2D eigenvalue weighted by Crippen LogP contribution is 2.19. The van der Waals surface area contributed by atoms with E-state index in [4.69, 9.17) is 0 Å². The first kappa shape index (κ1) is 10.1. The topological polar surface area (TPSA) is 15.6 Å². The summed E-state index contributed by atoms with van der Waals surface area (Å²) >= 11 is 1.76. The molecule has 0 amide bonds. The maximum Gasteiger partial charge on any atom is 0.169 e. The molecule has 1 aliphatic heterocycles. The largest absolute Gasteiger partial charge is 0.344 e. The van der Waals surface area contributed by atoms with Gasteiger partial charge in [0.1, 0.15) is 0 Å². The van der Waals surface area contributed by atoms with Gasteiger partial charge in [-0.05, 0) is 6.08 Å². The average Bonchev–Trinajstić information content (AvgIpc) is 2.17. The lowest BCUT2D eigenvalue weighted by molar-refractivity contribution is 0.396. The maximum atomic E-state index is 4.35. The second-order valence-electron chi connectivity index (χ2n) is 2.57. The van der Waals surface area contributed by atoms with Gasteiger partial charge in [-0.25, -0.2) is 0 Å². The van der Waals surface area contributed by atoms with Crippen LogP contribution in [-0.4, -0.2) is 28.9 Å². The van der Waals surface area contributed by atoms with Gasteiger partial charge in [-0.3, -0.25) is 4.99 Å². The van der Waals surface area contributed by atoms with Gasteiger partial charge in [-0.15, -0.1) is 24.9 Å². The van der Waals surface area contributed by atoms with E-state index in [1.807, 2.05) is 30.6 Å². The summed E-state index contributed by atoms with van der Waals surface area (Å²) in [6, 6.07) is 0. The summed E-state index contributed by atoms with van der Waals surface area (Å²) in [7, 11) is 0. The lowest BCUT2D eigenvalue weighted by atomic mass is 10.5. The van der Waals surface area contributed by atoms with Gasteiger partial charge >= 0.3 is 0 Å². The van der Waals surface area contributed by atoms with Crippen molar-refractivity contribution >= 4 is 18.0 Å². The maximum absolute atomic E-state index is 4.35. The molecule has 0 aromatic carbocycles. The fourth-order valence-corrected chi connectivity index (χ4v) is 1.84. The average molecular weight is 194 g/mol. The van der Waals surface area contributed by atoms with Gasteiger partial charge < -0.3 is 4.90 Å². The van der Waals surface area contributed by atoms with Crippen LogP contribution in [0.1, 0.15) is 0 Å². The summed E-state index contributed by atoms with van der Waals surface area (Å²) in [4.78, 5) is 6.49. The van der Waals surface area contributed by atoms with Crippen LogP contribution in [0.5, 0.6) is 0 Å². The molecule has 2 nitrogen and oxygen atoms in total. The van der Waals surface area contributed by atoms with Gasteiger partial charge in [0.2, 0.25) is 0 Å². The number of hydrogen-bond acceptors (Lipinski definition) is 3. The van der Waals surface area contributed by atoms with E-state index in [9.17, 15) is 0 Å². The molecule has 1 aliphatic rings. The van der Waals surface area contributed by atoms with Crippen LogP contribution < -0.4 is 0 Å². The molecule has 0 saturated heterocycles. The Morgan fingerprint density at radius 3 is 3.00 bits per heavy atom. The highest BCUT2D eigenvalue weighted by atomic mass is 32.2. The molecule has 0 bridgehead atoms. The molecule has 70 valence electrons. The third-order valence-electron chi connectivity index (χ3n) is 1.56. The first-order valence-electron chi connectivity index (χ1n) is 4.17. The number of rotatable bonds is 5. The Bertz CT molecular complexity index is 233. The predicted molar refractivity (Wildman–Crippen MR) is 61.0 cm³/mol. The number of nitrogens with zero attached hydrogens (tertiary/aromatic N) is 2. The molecular weight excluding hydrogens is 180 g/mol. The van der Waals surface area contributed by atoms with Crippen LogP contribution >= 0.6 is 11.8 Å². The Hall–Kier alpha value is -0.960. The summed E-state index contributed by atoms with van der Waals surface area (Å²) in [6.45, 7) is 8.24. The van der Waals surface area contributed by atoms with Gasteiger partial charge in [-0.2, -0.15) is 0 Å². The smallest absolute Gasteiger partial charge is 0.169 e. The van der Waals surface area contributed by atoms with Crippen LogP contribution in [0.3, 0.4) is 0 Å². The molecule has 0 aliphatic carbocycles. The molecule has 1 rings (SSSR count). The molecule has 1 heterocycles. The number of allylic oxidation sites excluding steroid dienone is 1. The third-order valence-corrected chi connectivity index (χ3v) is 2.68. The van der Waals surface area contributed by atoms with Gasteiger partial charge in [0, 0.05) is 24.7 Å². The van der Waals surface area contributed by atoms with Crippen molar-refractivity contribution in [3.63, 3.8) is 0 Å². The Labute approximate surface area is 83.7 Å². The van der Waals surface area contributed by atoms with Crippen molar-refractivity contribution in [1.82, 2.24) is 4.90 Å². The SMILES string of the molecule is C=CCSC1N=CC=CN1CC=C. The Morgan fingerprint density at radius 2 is 2.31 bits per heavy atom. The van der Waals surface area contributed by atoms with Gasteiger partial charge in [0.15, 0.2) is 5.50 Å². The standard InChI is InChI=1S/C10H14N2S/c1-3-7-12-8-5-6-11-10(12)13-9-4-2/h3-6,8,10H,1-2,7,9H2. The third kappa shape index (κ3) is 3.11. The van der Waals surface area contributed by atoms with Crippen LogP contribution in [0.15, 0.2) is 42.6 Å². The first-order valence-corrected chi connectivity index (χ1v) is 5.22. The summed E-state index contributed by atoms with van der Waals surface area (Å²) in [5.74, 6) is 0.920. The minimum Gasteiger partial charge on any atom is -0.344 e. The molecule has 0 aromatic rings. The molecule has 0 fully saturated rings. The molecule has 1 atom stereocenters. The number of hydrogen-bond donors (Lipinski definition) is 0. The van der Waals surface area contributed by atoms with E-state index in [0.717, 1.165) is 12.3 Å². The molecule has 0 saturated carbocycles. The Kier molecular flexibility index (Phi) is 4.40. The van der Waals surface area contributed by atoms with E-state index in [2.05, 4.69) is 23.1 Å². The summed E-state index contributed by atoms with van der Waals surface area (Å²) < 4.78 is 0. The van der Waals surface area contributed by atoms with Crippen molar-refractivity contribution in [3.05, 3.63) is 37.6 Å². The molecule has 0 radical (unpaired) electrons. The number of thioether (sulfide) groups is 1. The van der Waals surface area contributed by atoms with Crippen molar-refractivity contribution in [2.45, 2.75) is 5.50 Å². The van der Waals surface area contributed by atoms with Gasteiger partial charge in [0.05, 0.1) is 0 Å². The normalized spacial score (nSPS) is 20.3. The molecular formula is C10H14N2S. The molecule has 3 heteroatoms. The summed E-state index contributed by atoms with van der Waals surface area (Å²) in [6.07, 6.45) is 9.58. The lowest BCUT2D eigenvalue weighted by Gasteiger charge is -2.27. The van der Waals surface area contributed by atoms with Crippen LogP contribution in [0.4, 0.5) is 0 Å². The van der Waals surface area contributed by atoms with E-state index in [1.165, 1.54) is 0 Å². The second kappa shape index (κ2) is 5.65. The molecule has 0 N–H and O–H groups in total. The summed E-state index contributed by atoms with van der Waals surface area (Å²) in [5, 5.41) is 0. The lowest BCUT2D eigenvalue weighted by Crippen LogP contribution is -2.28. The van der Waals surface area contributed by atoms with Crippen LogP contribution in [0.2, 0.25) is 0 Å². The minimum absolute atomic E-state index is 0.181. The highest BCUT2D eigenvalue weighted by Gasteiger charge is 2.13. The van der Waals surface area contributed by atoms with Gasteiger partial charge in [0.25, 0.3) is 0 Å². The quantitative estimate of drug-likeness (QED) is 0.624. The van der Waals surface area contributed by atoms with E-state index in [0.29, 0.717) is 0 Å². The van der Waals surface area contributed by atoms with Crippen molar-refractivity contribution in [2.24, 2.45) is 4.99 Å². The first-order chi connectivity index (χ1) is 6.38. The van der Waals surface area contributed by atoms with Crippen molar-refractivity contribution in [1.29, 1.82) is 0 Å². The monoisotopic (exact) mass is 194 g/mol. The molecule has 1 unspecified atom stereocenters. The minimum atomic E-state index is 0.181. The number of aliphatic imine (C=N–C) groups is 1. The van der Waals surface area contributed by atoms with Crippen LogP contribution in [-0.2, 0) is 0 Å². The van der Waals surface area contributed by atoms with E-state index < -0.39 is 0 Å². The molecule has 13 heavy (non-hydrogen) atoms. The van der Waals surface area contributed by atoms with Crippen LogP contribution in [0, 0.1) is 0 Å². The predicted octanol–water partition coefficient (Wildman–Crippen LogP) is 2.28. The Balaban J connectivity index is 2.48. The van der Waals surface area contributed by atoms with E-state index in [1.54, 1.807) is 11.8 Å². The van der Waals surface area contributed by atoms with Crippen molar-refractivity contribution in [2.75, 3.05) is 12.3 Å². The summed E-state index contributed by atoms with van der Waals surface area (Å²) in [5.41, 5.74) is 0.181. The fourth-order valence-electron chi connectivity index (χ4n) is 1.02. The van der Waals surface area contributed by atoms with Gasteiger partial charge in [-0.1, -0.05) is 12.2 Å². The van der Waals surface area contributed by atoms with E-state index >= 15 is 0 Å². The zero-order valence-corrected chi connectivity index (χ0v) is 8.41.